The number of ether oxygens (including phenoxy) is 2. The number of halogens is 1. The number of benzene rings is 1. The number of Topliss-reactive ketones (excluding diaryl/α,β-unsaturated/α-hetero) is 1. The van der Waals surface area contributed by atoms with Gasteiger partial charge >= 0.3 is 11.9 Å². The zero-order valence-corrected chi connectivity index (χ0v) is 19.6. The Morgan fingerprint density at radius 3 is 2.33 bits per heavy atom. The molecular formula is C25H27FN2O5. The van der Waals surface area contributed by atoms with E-state index in [-0.39, 0.29) is 29.5 Å². The van der Waals surface area contributed by atoms with Crippen LogP contribution < -0.4 is 0 Å². The molecule has 0 saturated carbocycles. The molecular weight excluding hydrogens is 427 g/mol. The van der Waals surface area contributed by atoms with E-state index in [4.69, 9.17) is 9.47 Å². The smallest absolute Gasteiger partial charge is 0.355 e. The monoisotopic (exact) mass is 454 g/mol. The molecule has 1 N–H and O–H groups in total. The molecule has 7 nitrogen and oxygen atoms in total. The average molecular weight is 454 g/mol. The molecule has 0 fully saturated rings. The van der Waals surface area contributed by atoms with Gasteiger partial charge in [0.05, 0.1) is 12.2 Å². The summed E-state index contributed by atoms with van der Waals surface area (Å²) in [5.41, 5.74) is 4.16. The van der Waals surface area contributed by atoms with E-state index in [2.05, 4.69) is 4.98 Å². The first-order chi connectivity index (χ1) is 15.6. The normalized spacial score (nSPS) is 10.9. The fourth-order valence-corrected chi connectivity index (χ4v) is 3.91. The van der Waals surface area contributed by atoms with Gasteiger partial charge < -0.3 is 19.0 Å². The van der Waals surface area contributed by atoms with E-state index >= 15 is 0 Å². The maximum atomic E-state index is 14.1. The number of hydrogen-bond acceptors (Lipinski definition) is 5. The Hall–Kier alpha value is -3.68. The molecule has 0 spiro atoms. The van der Waals surface area contributed by atoms with E-state index in [9.17, 15) is 18.8 Å². The Morgan fingerprint density at radius 2 is 1.70 bits per heavy atom. The molecule has 2 aromatic heterocycles. The van der Waals surface area contributed by atoms with E-state index in [1.807, 2.05) is 6.92 Å². The van der Waals surface area contributed by atoms with Crippen LogP contribution in [0, 0.1) is 40.4 Å². The highest BCUT2D eigenvalue weighted by atomic mass is 19.1. The Kier molecular flexibility index (Phi) is 6.86. The maximum absolute atomic E-state index is 14.1. The van der Waals surface area contributed by atoms with Gasteiger partial charge in [-0.2, -0.15) is 0 Å². The van der Waals surface area contributed by atoms with Crippen molar-refractivity contribution in [1.82, 2.24) is 9.55 Å². The van der Waals surface area contributed by atoms with Crippen molar-refractivity contribution in [2.24, 2.45) is 0 Å². The SMILES string of the molecule is CCOC(=O)c1c(C)[nH]c(C(=O)OCC(=O)c2cc(C)n(-c3ccc(C)c(F)c3)c2C)c1C. The van der Waals surface area contributed by atoms with Gasteiger partial charge in [0, 0.05) is 28.3 Å². The minimum atomic E-state index is -0.742. The van der Waals surface area contributed by atoms with Crippen molar-refractivity contribution in [3.8, 4) is 5.69 Å². The van der Waals surface area contributed by atoms with Gasteiger partial charge in [0.25, 0.3) is 0 Å². The van der Waals surface area contributed by atoms with Gasteiger partial charge in [-0.25, -0.2) is 14.0 Å². The molecule has 0 aliphatic heterocycles. The molecule has 0 unspecified atom stereocenters. The molecule has 2 heterocycles. The lowest BCUT2D eigenvalue weighted by Crippen LogP contribution is -2.16. The molecule has 3 rings (SSSR count). The number of hydrogen-bond donors (Lipinski definition) is 1. The molecule has 1 aromatic carbocycles. The Labute approximate surface area is 191 Å². The molecule has 0 aliphatic carbocycles. The van der Waals surface area contributed by atoms with Crippen LogP contribution in [0.2, 0.25) is 0 Å². The number of nitrogens with one attached hydrogen (secondary N) is 1. The van der Waals surface area contributed by atoms with Crippen molar-refractivity contribution in [2.75, 3.05) is 13.2 Å². The molecule has 174 valence electrons. The first-order valence-corrected chi connectivity index (χ1v) is 10.6. The summed E-state index contributed by atoms with van der Waals surface area (Å²) in [4.78, 5) is 40.4. The number of rotatable bonds is 7. The van der Waals surface area contributed by atoms with Gasteiger partial charge in [-0.1, -0.05) is 6.07 Å². The van der Waals surface area contributed by atoms with Crippen LogP contribution in [0.15, 0.2) is 24.3 Å². The van der Waals surface area contributed by atoms with Crippen LogP contribution in [0.4, 0.5) is 4.39 Å². The topological polar surface area (TPSA) is 90.4 Å². The van der Waals surface area contributed by atoms with E-state index < -0.39 is 18.5 Å². The van der Waals surface area contributed by atoms with Crippen LogP contribution in [0.3, 0.4) is 0 Å². The molecule has 0 saturated heterocycles. The second-order valence-corrected chi connectivity index (χ2v) is 7.90. The highest BCUT2D eigenvalue weighted by Gasteiger charge is 2.25. The minimum Gasteiger partial charge on any atom is -0.462 e. The summed E-state index contributed by atoms with van der Waals surface area (Å²) in [6, 6.07) is 6.56. The average Bonchev–Trinajstić information content (AvgIpc) is 3.23. The first kappa shape index (κ1) is 24.0. The number of nitrogens with zero attached hydrogens (tertiary/aromatic N) is 1. The zero-order chi connectivity index (χ0) is 24.4. The van der Waals surface area contributed by atoms with Gasteiger partial charge in [-0.05, 0) is 70.9 Å². The predicted molar refractivity (Wildman–Crippen MR) is 121 cm³/mol. The standard InChI is InChI=1S/C25H27FN2O5/c1-7-32-24(30)22-15(4)23(27-16(22)5)25(31)33-12-21(29)19-10-14(3)28(17(19)6)18-9-8-13(2)20(26)11-18/h8-11,27H,7,12H2,1-6H3. The molecule has 0 radical (unpaired) electrons. The van der Waals surface area contributed by atoms with Gasteiger partial charge in [0.1, 0.15) is 11.5 Å². The lowest BCUT2D eigenvalue weighted by molar-refractivity contribution is 0.0468. The van der Waals surface area contributed by atoms with Gasteiger partial charge in [-0.3, -0.25) is 4.79 Å². The second kappa shape index (κ2) is 9.44. The number of aromatic amines is 1. The summed E-state index contributed by atoms with van der Waals surface area (Å²) in [6.07, 6.45) is 0. The number of esters is 2. The summed E-state index contributed by atoms with van der Waals surface area (Å²) in [5, 5.41) is 0. The van der Waals surface area contributed by atoms with Crippen LogP contribution in [-0.4, -0.2) is 40.5 Å². The Morgan fingerprint density at radius 1 is 1.00 bits per heavy atom. The van der Waals surface area contributed by atoms with E-state index in [1.54, 1.807) is 57.4 Å². The first-order valence-electron chi connectivity index (χ1n) is 10.6. The van der Waals surface area contributed by atoms with E-state index in [1.165, 1.54) is 6.07 Å². The van der Waals surface area contributed by atoms with E-state index in [0.29, 0.717) is 33.8 Å². The second-order valence-electron chi connectivity index (χ2n) is 7.90. The van der Waals surface area contributed by atoms with Crippen molar-refractivity contribution < 1.29 is 28.2 Å². The Bertz CT molecular complexity index is 1250. The maximum Gasteiger partial charge on any atom is 0.355 e. The molecule has 8 heteroatoms. The fraction of sp³-hybridized carbons (Fsp3) is 0.320. The summed E-state index contributed by atoms with van der Waals surface area (Å²) in [7, 11) is 0. The summed E-state index contributed by atoms with van der Waals surface area (Å²) in [6.45, 7) is 9.96. The zero-order valence-electron chi connectivity index (χ0n) is 19.6. The van der Waals surface area contributed by atoms with Crippen LogP contribution in [0.5, 0.6) is 0 Å². The van der Waals surface area contributed by atoms with Crippen molar-refractivity contribution in [2.45, 2.75) is 41.5 Å². The minimum absolute atomic E-state index is 0.101. The predicted octanol–water partition coefficient (Wildman–Crippen LogP) is 4.70. The Balaban J connectivity index is 1.78. The molecule has 0 aliphatic rings. The van der Waals surface area contributed by atoms with Crippen molar-refractivity contribution in [1.29, 1.82) is 0 Å². The summed E-state index contributed by atoms with van der Waals surface area (Å²) in [5.74, 6) is -1.99. The third-order valence-electron chi connectivity index (χ3n) is 5.60. The number of aryl methyl sites for hydroxylation is 3. The molecule has 33 heavy (non-hydrogen) atoms. The van der Waals surface area contributed by atoms with Crippen molar-refractivity contribution in [3.63, 3.8) is 0 Å². The molecule has 0 atom stereocenters. The molecule has 0 bridgehead atoms. The summed E-state index contributed by atoms with van der Waals surface area (Å²) < 4.78 is 26.1. The van der Waals surface area contributed by atoms with Gasteiger partial charge in [0.15, 0.2) is 6.61 Å². The van der Waals surface area contributed by atoms with Crippen LogP contribution in [-0.2, 0) is 9.47 Å². The highest BCUT2D eigenvalue weighted by Crippen LogP contribution is 2.24. The fourth-order valence-electron chi connectivity index (χ4n) is 3.91. The number of carbonyl (C=O) groups excluding carboxylic acids is 3. The molecule has 3 aromatic rings. The van der Waals surface area contributed by atoms with Crippen molar-refractivity contribution >= 4 is 17.7 Å². The quantitative estimate of drug-likeness (QED) is 0.413. The van der Waals surface area contributed by atoms with Crippen molar-refractivity contribution in [3.05, 3.63) is 75.1 Å². The van der Waals surface area contributed by atoms with Crippen LogP contribution in [0.25, 0.3) is 5.69 Å². The van der Waals surface area contributed by atoms with E-state index in [0.717, 1.165) is 5.69 Å². The van der Waals surface area contributed by atoms with Gasteiger partial charge in [0.2, 0.25) is 5.78 Å². The largest absolute Gasteiger partial charge is 0.462 e. The number of ketones is 1. The van der Waals surface area contributed by atoms with Gasteiger partial charge in [-0.15, -0.1) is 0 Å². The lowest BCUT2D eigenvalue weighted by Gasteiger charge is -2.11. The highest BCUT2D eigenvalue weighted by molar-refractivity contribution is 6.02. The number of H-pyrrole nitrogens is 1. The molecule has 0 amide bonds. The lowest BCUT2D eigenvalue weighted by atomic mass is 10.1. The van der Waals surface area contributed by atoms with Crippen LogP contribution >= 0.6 is 0 Å². The van der Waals surface area contributed by atoms with Crippen LogP contribution in [0.1, 0.15) is 66.3 Å². The number of carbonyl (C=O) groups is 3. The third-order valence-corrected chi connectivity index (χ3v) is 5.60. The third kappa shape index (κ3) is 4.60. The summed E-state index contributed by atoms with van der Waals surface area (Å²) >= 11 is 0. The number of aromatic nitrogens is 2.